The van der Waals surface area contributed by atoms with Crippen molar-refractivity contribution in [1.82, 2.24) is 10.3 Å². The van der Waals surface area contributed by atoms with E-state index in [1.807, 2.05) is 36.4 Å². The number of amides is 1. The largest absolute Gasteiger partial charge is 0.350 e. The van der Waals surface area contributed by atoms with E-state index < -0.39 is 0 Å². The quantitative estimate of drug-likeness (QED) is 0.773. The molecule has 0 atom stereocenters. The Hall–Kier alpha value is -2.88. The molecule has 2 aromatic carbocycles. The molecule has 1 amide bonds. The lowest BCUT2D eigenvalue weighted by Crippen LogP contribution is -2.25. The molecule has 4 heteroatoms. The Balaban J connectivity index is 1.83. The zero-order valence-electron chi connectivity index (χ0n) is 11.3. The molecule has 3 rings (SSSR count). The van der Waals surface area contributed by atoms with Gasteiger partial charge in [0.15, 0.2) is 5.43 Å². The molecule has 0 aliphatic carbocycles. The average Bonchev–Trinajstić information content (AvgIpc) is 2.53. The summed E-state index contributed by atoms with van der Waals surface area (Å²) >= 11 is 0. The minimum atomic E-state index is -0.290. The van der Waals surface area contributed by atoms with Crippen LogP contribution in [0.25, 0.3) is 10.9 Å². The van der Waals surface area contributed by atoms with E-state index in [-0.39, 0.29) is 17.0 Å². The van der Waals surface area contributed by atoms with E-state index in [0.717, 1.165) is 5.56 Å². The predicted octanol–water partition coefficient (Wildman–Crippen LogP) is 2.46. The van der Waals surface area contributed by atoms with E-state index in [0.29, 0.717) is 17.4 Å². The van der Waals surface area contributed by atoms with Gasteiger partial charge in [-0.2, -0.15) is 0 Å². The second kappa shape index (κ2) is 5.63. The lowest BCUT2D eigenvalue weighted by molar-refractivity contribution is 0.0946. The predicted molar refractivity (Wildman–Crippen MR) is 82.2 cm³/mol. The van der Waals surface area contributed by atoms with Crippen molar-refractivity contribution >= 4 is 16.8 Å². The minimum Gasteiger partial charge on any atom is -0.350 e. The summed E-state index contributed by atoms with van der Waals surface area (Å²) < 4.78 is 0. The van der Waals surface area contributed by atoms with Crippen LogP contribution in [-0.2, 0) is 6.54 Å². The number of fused-ring (bicyclic) bond motifs is 1. The molecular formula is C17H14N2O2. The van der Waals surface area contributed by atoms with Crippen LogP contribution < -0.4 is 10.7 Å². The third-order valence-electron chi connectivity index (χ3n) is 3.28. The lowest BCUT2D eigenvalue weighted by Gasteiger charge is -2.06. The van der Waals surface area contributed by atoms with Gasteiger partial charge in [-0.25, -0.2) is 0 Å². The van der Waals surface area contributed by atoms with E-state index in [2.05, 4.69) is 10.3 Å². The van der Waals surface area contributed by atoms with Crippen molar-refractivity contribution in [2.75, 3.05) is 0 Å². The molecule has 0 unspecified atom stereocenters. The number of carbonyl (C=O) groups is 1. The molecule has 0 bridgehead atoms. The van der Waals surface area contributed by atoms with E-state index in [9.17, 15) is 9.59 Å². The Labute approximate surface area is 121 Å². The maximum Gasteiger partial charge on any atom is 0.268 e. The summed E-state index contributed by atoms with van der Waals surface area (Å²) in [5.74, 6) is -0.290. The van der Waals surface area contributed by atoms with Crippen molar-refractivity contribution in [3.05, 3.63) is 82.1 Å². The smallest absolute Gasteiger partial charge is 0.268 e. The number of aromatic amines is 1. The molecule has 1 aromatic heterocycles. The van der Waals surface area contributed by atoms with Crippen LogP contribution in [0.2, 0.25) is 0 Å². The maximum absolute atomic E-state index is 12.1. The molecule has 0 aliphatic heterocycles. The molecule has 0 radical (unpaired) electrons. The molecule has 0 saturated heterocycles. The lowest BCUT2D eigenvalue weighted by atomic mass is 10.2. The van der Waals surface area contributed by atoms with Crippen molar-refractivity contribution in [3.63, 3.8) is 0 Å². The van der Waals surface area contributed by atoms with Crippen LogP contribution in [0.5, 0.6) is 0 Å². The third-order valence-corrected chi connectivity index (χ3v) is 3.28. The third kappa shape index (κ3) is 2.84. The highest BCUT2D eigenvalue weighted by Crippen LogP contribution is 2.07. The zero-order valence-corrected chi connectivity index (χ0v) is 11.3. The molecule has 104 valence electrons. The van der Waals surface area contributed by atoms with E-state index in [4.69, 9.17) is 0 Å². The molecule has 4 nitrogen and oxygen atoms in total. The number of hydrogen-bond acceptors (Lipinski definition) is 2. The normalized spacial score (nSPS) is 10.5. The molecule has 3 aromatic rings. The van der Waals surface area contributed by atoms with Gasteiger partial charge in [0.1, 0.15) is 5.69 Å². The summed E-state index contributed by atoms with van der Waals surface area (Å²) in [6.07, 6.45) is 0. The van der Waals surface area contributed by atoms with Gasteiger partial charge in [0, 0.05) is 23.5 Å². The van der Waals surface area contributed by atoms with Crippen LogP contribution in [0.1, 0.15) is 16.1 Å². The fraction of sp³-hybridized carbons (Fsp3) is 0.0588. The van der Waals surface area contributed by atoms with Gasteiger partial charge >= 0.3 is 0 Å². The number of hydrogen-bond donors (Lipinski definition) is 2. The Kier molecular flexibility index (Phi) is 3.51. The van der Waals surface area contributed by atoms with Crippen LogP contribution in [-0.4, -0.2) is 10.9 Å². The molecular weight excluding hydrogens is 264 g/mol. The summed E-state index contributed by atoms with van der Waals surface area (Å²) in [5.41, 5.74) is 1.78. The Morgan fingerprint density at radius 3 is 2.52 bits per heavy atom. The summed E-state index contributed by atoms with van der Waals surface area (Å²) in [4.78, 5) is 27.1. The fourth-order valence-electron chi connectivity index (χ4n) is 2.19. The number of H-pyrrole nitrogens is 1. The topological polar surface area (TPSA) is 62.0 Å². The first-order valence-corrected chi connectivity index (χ1v) is 6.68. The number of pyridine rings is 1. The van der Waals surface area contributed by atoms with Crippen molar-refractivity contribution in [2.45, 2.75) is 6.54 Å². The van der Waals surface area contributed by atoms with Crippen LogP contribution in [0, 0.1) is 0 Å². The van der Waals surface area contributed by atoms with Gasteiger partial charge in [-0.05, 0) is 17.7 Å². The van der Waals surface area contributed by atoms with Crippen molar-refractivity contribution in [3.8, 4) is 0 Å². The van der Waals surface area contributed by atoms with Gasteiger partial charge in [-0.15, -0.1) is 0 Å². The van der Waals surface area contributed by atoms with Gasteiger partial charge < -0.3 is 10.3 Å². The van der Waals surface area contributed by atoms with Crippen LogP contribution in [0.15, 0.2) is 65.5 Å². The highest BCUT2D eigenvalue weighted by Gasteiger charge is 2.09. The number of rotatable bonds is 3. The summed E-state index contributed by atoms with van der Waals surface area (Å²) in [6, 6.07) is 18.1. The standard InChI is InChI=1S/C17H14N2O2/c20-16-10-15(19-14-9-5-4-8-13(14)16)17(21)18-11-12-6-2-1-3-7-12/h1-10H,11H2,(H,18,21)(H,19,20). The fourth-order valence-corrected chi connectivity index (χ4v) is 2.19. The SMILES string of the molecule is O=C(NCc1ccccc1)c1cc(=O)c2ccccc2[nH]1. The first-order valence-electron chi connectivity index (χ1n) is 6.68. The molecule has 1 heterocycles. The van der Waals surface area contributed by atoms with E-state index >= 15 is 0 Å². The van der Waals surface area contributed by atoms with Crippen LogP contribution >= 0.6 is 0 Å². The monoisotopic (exact) mass is 278 g/mol. The highest BCUT2D eigenvalue weighted by molar-refractivity contribution is 5.94. The number of benzene rings is 2. The molecule has 2 N–H and O–H groups in total. The van der Waals surface area contributed by atoms with Gasteiger partial charge in [0.05, 0.1) is 0 Å². The average molecular weight is 278 g/mol. The summed E-state index contributed by atoms with van der Waals surface area (Å²) in [6.45, 7) is 0.425. The zero-order chi connectivity index (χ0) is 14.7. The maximum atomic E-state index is 12.1. The van der Waals surface area contributed by atoms with Gasteiger partial charge in [0.2, 0.25) is 0 Å². The van der Waals surface area contributed by atoms with Crippen molar-refractivity contribution in [1.29, 1.82) is 0 Å². The number of para-hydroxylation sites is 1. The molecule has 21 heavy (non-hydrogen) atoms. The number of nitrogens with one attached hydrogen (secondary N) is 2. The van der Waals surface area contributed by atoms with Crippen LogP contribution in [0.3, 0.4) is 0 Å². The Morgan fingerprint density at radius 1 is 1.00 bits per heavy atom. The first kappa shape index (κ1) is 13.1. The summed E-state index contributed by atoms with van der Waals surface area (Å²) in [5, 5.41) is 3.38. The highest BCUT2D eigenvalue weighted by atomic mass is 16.2. The molecule has 0 spiro atoms. The van der Waals surface area contributed by atoms with E-state index in [1.165, 1.54) is 6.07 Å². The Bertz CT molecular complexity index is 838. The second-order valence-electron chi connectivity index (χ2n) is 4.76. The van der Waals surface area contributed by atoms with Crippen LogP contribution in [0.4, 0.5) is 0 Å². The number of aromatic nitrogens is 1. The second-order valence-corrected chi connectivity index (χ2v) is 4.76. The van der Waals surface area contributed by atoms with Gasteiger partial charge in [0.25, 0.3) is 5.91 Å². The van der Waals surface area contributed by atoms with Crippen molar-refractivity contribution in [2.24, 2.45) is 0 Å². The molecule has 0 fully saturated rings. The molecule has 0 aliphatic rings. The Morgan fingerprint density at radius 2 is 1.71 bits per heavy atom. The minimum absolute atomic E-state index is 0.158. The first-order chi connectivity index (χ1) is 10.2. The van der Waals surface area contributed by atoms with E-state index in [1.54, 1.807) is 18.2 Å². The van der Waals surface area contributed by atoms with Crippen molar-refractivity contribution < 1.29 is 4.79 Å². The van der Waals surface area contributed by atoms with Gasteiger partial charge in [-0.3, -0.25) is 9.59 Å². The number of carbonyl (C=O) groups excluding carboxylic acids is 1. The summed E-state index contributed by atoms with van der Waals surface area (Å²) in [7, 11) is 0. The molecule has 0 saturated carbocycles. The van der Waals surface area contributed by atoms with Gasteiger partial charge in [-0.1, -0.05) is 42.5 Å².